The van der Waals surface area contributed by atoms with Crippen molar-refractivity contribution in [2.24, 2.45) is 0 Å². The second-order valence-corrected chi connectivity index (χ2v) is 10.1. The quantitative estimate of drug-likeness (QED) is 0.156. The Bertz CT molecular complexity index is 1530. The predicted octanol–water partition coefficient (Wildman–Crippen LogP) is 3.61. The van der Waals surface area contributed by atoms with Crippen molar-refractivity contribution in [3.8, 4) is 5.75 Å². The van der Waals surface area contributed by atoms with Gasteiger partial charge in [0.25, 0.3) is 15.9 Å². The van der Waals surface area contributed by atoms with Crippen molar-refractivity contribution in [2.75, 3.05) is 22.1 Å². The van der Waals surface area contributed by atoms with Crippen LogP contribution in [0.2, 0.25) is 0 Å². The standard InChI is InChI=1S/C25H22F4N4O7S/c1-15-5-11-19(12-6-15)40-14-21(34)30-18-3-2-4-20(13-18)41(38,39)33-17-9-7-16(8-10-17)31-32-22(35)24(26,27)25(28,29)23(36)37/h2-13,31,33H,14H2,1H3,(H,30,34)(H,32,35)(H,36,37). The van der Waals surface area contributed by atoms with E-state index in [1.165, 1.54) is 29.7 Å². The van der Waals surface area contributed by atoms with Crippen LogP contribution >= 0.6 is 0 Å². The Labute approximate surface area is 230 Å². The number of nitrogens with one attached hydrogen (secondary N) is 4. The normalized spacial score (nSPS) is 11.7. The number of carboxylic acids is 1. The fraction of sp³-hybridized carbons (Fsp3) is 0.160. The van der Waals surface area contributed by atoms with Gasteiger partial charge < -0.3 is 15.2 Å². The number of amides is 2. The number of benzene rings is 3. The monoisotopic (exact) mass is 598 g/mol. The zero-order valence-electron chi connectivity index (χ0n) is 21.0. The van der Waals surface area contributed by atoms with Gasteiger partial charge in [0.15, 0.2) is 6.61 Å². The van der Waals surface area contributed by atoms with Crippen LogP contribution in [0.3, 0.4) is 0 Å². The molecule has 41 heavy (non-hydrogen) atoms. The van der Waals surface area contributed by atoms with Gasteiger partial charge >= 0.3 is 23.7 Å². The highest BCUT2D eigenvalue weighted by Gasteiger charge is 2.67. The first-order valence-electron chi connectivity index (χ1n) is 11.4. The van der Waals surface area contributed by atoms with Crippen molar-refractivity contribution in [3.05, 3.63) is 78.4 Å². The Balaban J connectivity index is 1.58. The summed E-state index contributed by atoms with van der Waals surface area (Å²) in [5, 5.41) is 10.8. The molecular weight excluding hydrogens is 576 g/mol. The smallest absolute Gasteiger partial charge is 0.413 e. The number of ether oxygens (including phenoxy) is 1. The summed E-state index contributed by atoms with van der Waals surface area (Å²) < 4.78 is 86.5. The molecule has 11 nitrogen and oxygen atoms in total. The van der Waals surface area contributed by atoms with E-state index in [0.29, 0.717) is 5.75 Å². The van der Waals surface area contributed by atoms with Crippen LogP contribution < -0.4 is 25.6 Å². The van der Waals surface area contributed by atoms with Gasteiger partial charge in [0.05, 0.1) is 10.6 Å². The second-order valence-electron chi connectivity index (χ2n) is 8.39. The largest absolute Gasteiger partial charge is 0.484 e. The van der Waals surface area contributed by atoms with Crippen molar-refractivity contribution in [2.45, 2.75) is 23.7 Å². The topological polar surface area (TPSA) is 163 Å². The minimum atomic E-state index is -5.66. The minimum absolute atomic E-state index is 0.00875. The molecule has 0 fully saturated rings. The zero-order valence-corrected chi connectivity index (χ0v) is 21.8. The summed E-state index contributed by atoms with van der Waals surface area (Å²) in [4.78, 5) is 33.8. The van der Waals surface area contributed by atoms with Gasteiger partial charge in [-0.25, -0.2) is 13.2 Å². The van der Waals surface area contributed by atoms with Crippen LogP contribution in [0.1, 0.15) is 5.56 Å². The van der Waals surface area contributed by atoms with E-state index in [9.17, 15) is 40.4 Å². The number of carboxylic acid groups (broad SMARTS) is 1. The van der Waals surface area contributed by atoms with Crippen LogP contribution in [-0.4, -0.2) is 49.8 Å². The number of rotatable bonds is 12. The molecule has 3 aromatic carbocycles. The zero-order chi connectivity index (χ0) is 30.4. The van der Waals surface area contributed by atoms with Crippen molar-refractivity contribution in [1.29, 1.82) is 0 Å². The van der Waals surface area contributed by atoms with Gasteiger partial charge in [-0.15, -0.1) is 0 Å². The summed E-state index contributed by atoms with van der Waals surface area (Å²) in [6.07, 6.45) is 0. The number of hydrogen-bond acceptors (Lipinski definition) is 7. The maximum atomic E-state index is 13.5. The highest BCUT2D eigenvalue weighted by atomic mass is 32.2. The third-order valence-corrected chi connectivity index (χ3v) is 6.60. The second kappa shape index (κ2) is 12.1. The Morgan fingerprint density at radius 3 is 2.07 bits per heavy atom. The van der Waals surface area contributed by atoms with Gasteiger partial charge in [-0.2, -0.15) is 17.6 Å². The highest BCUT2D eigenvalue weighted by Crippen LogP contribution is 2.34. The molecule has 0 aromatic heterocycles. The van der Waals surface area contributed by atoms with Gasteiger partial charge in [0.1, 0.15) is 5.75 Å². The minimum Gasteiger partial charge on any atom is -0.484 e. The molecule has 0 aliphatic carbocycles. The third-order valence-electron chi connectivity index (χ3n) is 5.22. The summed E-state index contributed by atoms with van der Waals surface area (Å²) in [6, 6.07) is 16.9. The number of aryl methyl sites for hydroxylation is 1. The number of alkyl halides is 4. The van der Waals surface area contributed by atoms with E-state index in [-0.39, 0.29) is 28.6 Å². The fourth-order valence-corrected chi connectivity index (χ4v) is 4.15. The lowest BCUT2D eigenvalue weighted by atomic mass is 10.1. The van der Waals surface area contributed by atoms with Crippen molar-refractivity contribution in [1.82, 2.24) is 5.43 Å². The number of aliphatic carboxylic acids is 1. The first-order chi connectivity index (χ1) is 19.1. The van der Waals surface area contributed by atoms with Gasteiger partial charge in [0.2, 0.25) is 0 Å². The molecule has 0 bridgehead atoms. The molecule has 0 unspecified atom stereocenters. The summed E-state index contributed by atoms with van der Waals surface area (Å²) in [7, 11) is -4.17. The molecule has 0 heterocycles. The molecule has 0 saturated heterocycles. The number of sulfonamides is 1. The number of anilines is 3. The molecule has 5 N–H and O–H groups in total. The summed E-state index contributed by atoms with van der Waals surface area (Å²) in [5.41, 5.74) is 4.22. The van der Waals surface area contributed by atoms with Gasteiger partial charge in [-0.3, -0.25) is 25.2 Å². The van der Waals surface area contributed by atoms with E-state index >= 15 is 0 Å². The van der Waals surface area contributed by atoms with E-state index in [4.69, 9.17) is 9.84 Å². The van der Waals surface area contributed by atoms with Crippen LogP contribution in [0.4, 0.5) is 34.6 Å². The SMILES string of the molecule is Cc1ccc(OCC(=O)Nc2cccc(S(=O)(=O)Nc3ccc(NNC(=O)C(F)(F)C(F)(F)C(=O)O)cc3)c2)cc1. The summed E-state index contributed by atoms with van der Waals surface area (Å²) in [6.45, 7) is 1.58. The van der Waals surface area contributed by atoms with Gasteiger partial charge in [-0.1, -0.05) is 23.8 Å². The molecule has 0 atom stereocenters. The van der Waals surface area contributed by atoms with Gasteiger partial charge in [-0.05, 0) is 61.5 Å². The van der Waals surface area contributed by atoms with E-state index in [1.807, 2.05) is 24.5 Å². The lowest BCUT2D eigenvalue weighted by molar-refractivity contribution is -0.222. The van der Waals surface area contributed by atoms with Gasteiger partial charge in [0, 0.05) is 11.4 Å². The van der Waals surface area contributed by atoms with Crippen LogP contribution in [0.25, 0.3) is 0 Å². The van der Waals surface area contributed by atoms with Crippen LogP contribution in [0, 0.1) is 6.92 Å². The Kier molecular flexibility index (Phi) is 9.07. The summed E-state index contributed by atoms with van der Waals surface area (Å²) >= 11 is 0. The predicted molar refractivity (Wildman–Crippen MR) is 138 cm³/mol. The lowest BCUT2D eigenvalue weighted by Gasteiger charge is -2.22. The molecule has 0 aliphatic heterocycles. The maximum Gasteiger partial charge on any atom is 0.413 e. The number of carbonyl (C=O) groups excluding carboxylic acids is 2. The Hall–Kier alpha value is -4.86. The highest BCUT2D eigenvalue weighted by molar-refractivity contribution is 7.92. The van der Waals surface area contributed by atoms with E-state index in [0.717, 1.165) is 29.8 Å². The summed E-state index contributed by atoms with van der Waals surface area (Å²) in [5.74, 6) is -17.1. The Morgan fingerprint density at radius 1 is 0.854 bits per heavy atom. The molecule has 3 rings (SSSR count). The third kappa shape index (κ3) is 7.63. The molecule has 0 saturated carbocycles. The number of carbonyl (C=O) groups is 3. The van der Waals surface area contributed by atoms with E-state index in [2.05, 4.69) is 10.0 Å². The number of hydrazine groups is 1. The van der Waals surface area contributed by atoms with Crippen molar-refractivity contribution < 1.29 is 50.2 Å². The molecule has 0 aliphatic rings. The molecule has 0 spiro atoms. The molecule has 218 valence electrons. The first kappa shape index (κ1) is 30.7. The average molecular weight is 599 g/mol. The number of hydrogen-bond donors (Lipinski definition) is 5. The van der Waals surface area contributed by atoms with E-state index in [1.54, 1.807) is 12.1 Å². The average Bonchev–Trinajstić information content (AvgIpc) is 2.92. The molecule has 16 heteroatoms. The fourth-order valence-electron chi connectivity index (χ4n) is 3.04. The lowest BCUT2D eigenvalue weighted by Crippen LogP contribution is -2.57. The van der Waals surface area contributed by atoms with Crippen molar-refractivity contribution in [3.63, 3.8) is 0 Å². The molecule has 2 amide bonds. The Morgan fingerprint density at radius 2 is 1.46 bits per heavy atom. The molecular formula is C25H22F4N4O7S. The van der Waals surface area contributed by atoms with E-state index < -0.39 is 39.7 Å². The van der Waals surface area contributed by atoms with Crippen LogP contribution in [0.15, 0.2) is 77.7 Å². The van der Waals surface area contributed by atoms with Crippen LogP contribution in [0.5, 0.6) is 5.75 Å². The number of halogens is 4. The maximum absolute atomic E-state index is 13.5. The molecule has 0 radical (unpaired) electrons. The molecule has 3 aromatic rings. The first-order valence-corrected chi connectivity index (χ1v) is 12.9. The van der Waals surface area contributed by atoms with Crippen LogP contribution in [-0.2, 0) is 24.4 Å². The van der Waals surface area contributed by atoms with Crippen molar-refractivity contribution >= 4 is 44.9 Å².